The molecule has 1 aromatic carbocycles. The van der Waals surface area contributed by atoms with E-state index in [4.69, 9.17) is 4.74 Å². The third-order valence-corrected chi connectivity index (χ3v) is 3.90. The van der Waals surface area contributed by atoms with Gasteiger partial charge >= 0.3 is 6.03 Å². The van der Waals surface area contributed by atoms with Gasteiger partial charge in [-0.1, -0.05) is 18.2 Å². The van der Waals surface area contributed by atoms with Crippen molar-refractivity contribution >= 4 is 6.03 Å². The normalized spacial score (nSPS) is 20.5. The number of hydrogen-bond donors (Lipinski definition) is 2. The van der Waals surface area contributed by atoms with Crippen molar-refractivity contribution in [3.63, 3.8) is 0 Å². The molecule has 0 saturated carbocycles. The second kappa shape index (κ2) is 6.57. The van der Waals surface area contributed by atoms with E-state index in [1.54, 1.807) is 18.9 Å². The Bertz CT molecular complexity index is 528. The Labute approximate surface area is 132 Å². The number of carbonyl (C=O) groups is 1. The Kier molecular flexibility index (Phi) is 4.96. The predicted molar refractivity (Wildman–Crippen MR) is 86.0 cm³/mol. The fourth-order valence-corrected chi connectivity index (χ4v) is 2.67. The topological polar surface area (TPSA) is 61.8 Å². The Hall–Kier alpha value is -1.75. The second-order valence-electron chi connectivity index (χ2n) is 6.67. The first-order chi connectivity index (χ1) is 10.3. The fraction of sp³-hybridized carbons (Fsp3) is 0.588. The average molecular weight is 306 g/mol. The fourth-order valence-electron chi connectivity index (χ4n) is 2.67. The number of fused-ring (bicyclic) bond motifs is 1. The van der Waals surface area contributed by atoms with Crippen molar-refractivity contribution in [3.8, 4) is 5.75 Å². The van der Waals surface area contributed by atoms with Crippen LogP contribution in [0.3, 0.4) is 0 Å². The lowest BCUT2D eigenvalue weighted by Crippen LogP contribution is -2.45. The summed E-state index contributed by atoms with van der Waals surface area (Å²) in [5.74, 6) is 0.829. The molecule has 1 aliphatic heterocycles. The molecule has 1 aliphatic rings. The minimum absolute atomic E-state index is 0.0681. The van der Waals surface area contributed by atoms with E-state index in [-0.39, 0.29) is 17.7 Å². The smallest absolute Gasteiger partial charge is 0.317 e. The summed E-state index contributed by atoms with van der Waals surface area (Å²) >= 11 is 0. The zero-order valence-electron chi connectivity index (χ0n) is 13.8. The molecule has 0 fully saturated rings. The predicted octanol–water partition coefficient (Wildman–Crippen LogP) is 2.70. The summed E-state index contributed by atoms with van der Waals surface area (Å²) in [4.78, 5) is 13.9. The van der Waals surface area contributed by atoms with Crippen LogP contribution in [0, 0.1) is 0 Å². The van der Waals surface area contributed by atoms with E-state index in [9.17, 15) is 9.90 Å². The van der Waals surface area contributed by atoms with E-state index in [0.29, 0.717) is 13.0 Å². The van der Waals surface area contributed by atoms with E-state index in [1.807, 2.05) is 38.1 Å². The van der Waals surface area contributed by atoms with Gasteiger partial charge in [0.25, 0.3) is 0 Å². The molecule has 2 atom stereocenters. The van der Waals surface area contributed by atoms with Gasteiger partial charge in [0.15, 0.2) is 0 Å². The Morgan fingerprint density at radius 1 is 1.50 bits per heavy atom. The van der Waals surface area contributed by atoms with Crippen LogP contribution in [0.1, 0.15) is 45.2 Å². The summed E-state index contributed by atoms with van der Waals surface area (Å²) in [6, 6.07) is 7.63. The lowest BCUT2D eigenvalue weighted by atomic mass is 9.90. The number of benzene rings is 1. The molecular formula is C17H26N2O3. The molecule has 2 rings (SSSR count). The first kappa shape index (κ1) is 16.6. The summed E-state index contributed by atoms with van der Waals surface area (Å²) in [6.45, 7) is 6.30. The van der Waals surface area contributed by atoms with Gasteiger partial charge in [-0.15, -0.1) is 0 Å². The molecule has 0 bridgehead atoms. The lowest BCUT2D eigenvalue weighted by Gasteiger charge is -2.38. The third-order valence-electron chi connectivity index (χ3n) is 3.90. The van der Waals surface area contributed by atoms with Crippen molar-refractivity contribution in [2.45, 2.75) is 51.4 Å². The van der Waals surface area contributed by atoms with Crippen LogP contribution in [-0.2, 0) is 0 Å². The average Bonchev–Trinajstić information content (AvgIpc) is 2.43. The van der Waals surface area contributed by atoms with Gasteiger partial charge in [0.1, 0.15) is 11.4 Å². The highest BCUT2D eigenvalue weighted by Gasteiger charge is 2.34. The van der Waals surface area contributed by atoms with Gasteiger partial charge in [-0.25, -0.2) is 4.79 Å². The number of para-hydroxylation sites is 1. The van der Waals surface area contributed by atoms with E-state index >= 15 is 0 Å². The molecule has 0 radical (unpaired) electrons. The van der Waals surface area contributed by atoms with Crippen LogP contribution in [0.15, 0.2) is 24.3 Å². The highest BCUT2D eigenvalue weighted by atomic mass is 16.5. The quantitative estimate of drug-likeness (QED) is 0.899. The summed E-state index contributed by atoms with van der Waals surface area (Å²) in [7, 11) is 1.74. The monoisotopic (exact) mass is 306 g/mol. The summed E-state index contributed by atoms with van der Waals surface area (Å²) < 4.78 is 5.97. The molecule has 1 aromatic rings. The second-order valence-corrected chi connectivity index (χ2v) is 6.67. The molecule has 0 saturated heterocycles. The van der Waals surface area contributed by atoms with Crippen molar-refractivity contribution in [1.29, 1.82) is 0 Å². The van der Waals surface area contributed by atoms with Crippen molar-refractivity contribution in [3.05, 3.63) is 29.8 Å². The van der Waals surface area contributed by atoms with Crippen LogP contribution in [0.4, 0.5) is 4.79 Å². The van der Waals surface area contributed by atoms with Crippen LogP contribution in [0.5, 0.6) is 5.75 Å². The van der Waals surface area contributed by atoms with E-state index in [2.05, 4.69) is 5.32 Å². The number of ether oxygens (including phenoxy) is 1. The van der Waals surface area contributed by atoms with Crippen molar-refractivity contribution in [2.75, 3.05) is 13.6 Å². The van der Waals surface area contributed by atoms with Gasteiger partial charge in [-0.05, 0) is 33.3 Å². The number of amides is 2. The highest BCUT2D eigenvalue weighted by Crippen LogP contribution is 2.39. The molecule has 0 aromatic heterocycles. The Balaban J connectivity index is 2.07. The Morgan fingerprint density at radius 3 is 2.86 bits per heavy atom. The molecule has 5 heteroatoms. The van der Waals surface area contributed by atoms with Crippen molar-refractivity contribution < 1.29 is 14.6 Å². The van der Waals surface area contributed by atoms with Gasteiger partial charge in [-0.3, -0.25) is 0 Å². The van der Waals surface area contributed by atoms with Crippen LogP contribution < -0.4 is 10.1 Å². The number of urea groups is 1. The summed E-state index contributed by atoms with van der Waals surface area (Å²) in [6.07, 6.45) is 0.887. The first-order valence-corrected chi connectivity index (χ1v) is 7.76. The summed E-state index contributed by atoms with van der Waals surface area (Å²) in [5.41, 5.74) is 0.698. The molecule has 122 valence electrons. The van der Waals surface area contributed by atoms with Gasteiger partial charge < -0.3 is 20.1 Å². The van der Waals surface area contributed by atoms with Gasteiger partial charge in [0, 0.05) is 25.6 Å². The largest absolute Gasteiger partial charge is 0.487 e. The number of aliphatic hydroxyl groups excluding tert-OH is 1. The maximum atomic E-state index is 12.3. The van der Waals surface area contributed by atoms with Crippen LogP contribution in [0.2, 0.25) is 0 Å². The van der Waals surface area contributed by atoms with E-state index in [1.165, 1.54) is 0 Å². The third kappa shape index (κ3) is 4.13. The van der Waals surface area contributed by atoms with Crippen molar-refractivity contribution in [1.82, 2.24) is 10.2 Å². The lowest BCUT2D eigenvalue weighted by molar-refractivity contribution is 0.0666. The first-order valence-electron chi connectivity index (χ1n) is 7.76. The number of carbonyl (C=O) groups excluding carboxylic acids is 1. The van der Waals surface area contributed by atoms with Crippen molar-refractivity contribution in [2.24, 2.45) is 0 Å². The standard InChI is InChI=1S/C17H26N2O3/c1-12(20)9-10-19(4)16(21)18-14-11-17(2,3)22-15-8-6-5-7-13(14)15/h5-8,12,14,20H,9-11H2,1-4H3,(H,18,21). The molecule has 0 aliphatic carbocycles. The molecule has 0 spiro atoms. The summed E-state index contributed by atoms with van der Waals surface area (Å²) in [5, 5.41) is 12.4. The molecule has 2 amide bonds. The number of nitrogens with one attached hydrogen (secondary N) is 1. The van der Waals surface area contributed by atoms with E-state index in [0.717, 1.165) is 17.7 Å². The maximum absolute atomic E-state index is 12.3. The molecule has 2 N–H and O–H groups in total. The van der Waals surface area contributed by atoms with Crippen LogP contribution in [0.25, 0.3) is 0 Å². The van der Waals surface area contributed by atoms with E-state index < -0.39 is 6.10 Å². The van der Waals surface area contributed by atoms with Gasteiger partial charge in [0.05, 0.1) is 12.1 Å². The maximum Gasteiger partial charge on any atom is 0.317 e. The van der Waals surface area contributed by atoms with Gasteiger partial charge in [-0.2, -0.15) is 0 Å². The minimum Gasteiger partial charge on any atom is -0.487 e. The SMILES string of the molecule is CC(O)CCN(C)C(=O)NC1CC(C)(C)Oc2ccccc21. The molecule has 2 unspecified atom stereocenters. The zero-order chi connectivity index (χ0) is 16.3. The minimum atomic E-state index is -0.405. The Morgan fingerprint density at radius 2 is 2.18 bits per heavy atom. The van der Waals surface area contributed by atoms with Gasteiger partial charge in [0.2, 0.25) is 0 Å². The zero-order valence-corrected chi connectivity index (χ0v) is 13.8. The van der Waals surface area contributed by atoms with Crippen LogP contribution >= 0.6 is 0 Å². The molecule has 5 nitrogen and oxygen atoms in total. The molecule has 22 heavy (non-hydrogen) atoms. The number of aliphatic hydroxyl groups is 1. The molecule has 1 heterocycles. The van der Waals surface area contributed by atoms with Crippen LogP contribution in [-0.4, -0.2) is 41.3 Å². The highest BCUT2D eigenvalue weighted by molar-refractivity contribution is 5.74. The number of nitrogens with zero attached hydrogens (tertiary/aromatic N) is 1. The molecular weight excluding hydrogens is 280 g/mol. The number of hydrogen-bond acceptors (Lipinski definition) is 3. The number of rotatable bonds is 4.